The summed E-state index contributed by atoms with van der Waals surface area (Å²) in [5.74, 6) is -4.14. The second-order valence-electron chi connectivity index (χ2n) is 4.51. The zero-order valence-electron chi connectivity index (χ0n) is 8.91. The lowest BCUT2D eigenvalue weighted by atomic mass is 10.1. The van der Waals surface area contributed by atoms with E-state index in [1.54, 1.807) is 0 Å². The minimum absolute atomic E-state index is 0.00326. The van der Waals surface area contributed by atoms with E-state index < -0.39 is 30.0 Å². The second kappa shape index (κ2) is 3.89. The van der Waals surface area contributed by atoms with Crippen molar-refractivity contribution in [3.63, 3.8) is 0 Å². The van der Waals surface area contributed by atoms with E-state index >= 15 is 0 Å². The zero-order valence-corrected chi connectivity index (χ0v) is 8.91. The number of carboxylic acids is 1. The molecule has 4 nitrogen and oxygen atoms in total. The molecule has 3 atom stereocenters. The molecule has 96 valence electrons. The summed E-state index contributed by atoms with van der Waals surface area (Å²) in [6.07, 6.45) is -3.16. The fourth-order valence-corrected chi connectivity index (χ4v) is 2.67. The third-order valence-electron chi connectivity index (χ3n) is 3.46. The van der Waals surface area contributed by atoms with E-state index in [2.05, 4.69) is 0 Å². The molecular weight excluding hydrogens is 239 g/mol. The Hall–Kier alpha value is -1.27. The predicted molar refractivity (Wildman–Crippen MR) is 50.0 cm³/mol. The Morgan fingerprint density at radius 3 is 2.41 bits per heavy atom. The summed E-state index contributed by atoms with van der Waals surface area (Å²) < 4.78 is 37.0. The standard InChI is InChI=1S/C10H12F3NO3/c11-10(12,13)9(17)14-4-2-1-3-5-6(7(5)14)8(15)16/h5-7H,1-4H2,(H,15,16)/t5-,6-,7-/m1/s1. The average molecular weight is 251 g/mol. The van der Waals surface area contributed by atoms with Gasteiger partial charge in [0, 0.05) is 12.6 Å². The SMILES string of the molecule is O=C(O)[C@@H]1[C@H]2CCCCN(C(=O)C(F)(F)F)[C@H]21. The maximum absolute atomic E-state index is 12.3. The van der Waals surface area contributed by atoms with Gasteiger partial charge in [-0.1, -0.05) is 6.42 Å². The second-order valence-corrected chi connectivity index (χ2v) is 4.51. The first-order chi connectivity index (χ1) is 7.84. The first-order valence-electron chi connectivity index (χ1n) is 5.44. The van der Waals surface area contributed by atoms with Crippen molar-refractivity contribution in [2.45, 2.75) is 31.5 Å². The molecule has 1 aliphatic carbocycles. The van der Waals surface area contributed by atoms with E-state index in [0.717, 1.165) is 0 Å². The molecule has 0 aromatic heterocycles. The third-order valence-corrected chi connectivity index (χ3v) is 3.46. The van der Waals surface area contributed by atoms with Crippen LogP contribution in [0, 0.1) is 11.8 Å². The number of alkyl halides is 3. The summed E-state index contributed by atoms with van der Waals surface area (Å²) in [5.41, 5.74) is 0. The highest BCUT2D eigenvalue weighted by Gasteiger charge is 2.61. The maximum atomic E-state index is 12.3. The van der Waals surface area contributed by atoms with Crippen molar-refractivity contribution in [3.8, 4) is 0 Å². The van der Waals surface area contributed by atoms with E-state index in [9.17, 15) is 22.8 Å². The fraction of sp³-hybridized carbons (Fsp3) is 0.800. The Labute approximate surface area is 95.4 Å². The number of amides is 1. The number of nitrogens with zero attached hydrogens (tertiary/aromatic N) is 1. The number of aliphatic carboxylic acids is 1. The van der Waals surface area contributed by atoms with Gasteiger partial charge in [0.15, 0.2) is 0 Å². The van der Waals surface area contributed by atoms with Crippen LogP contribution in [0.2, 0.25) is 0 Å². The monoisotopic (exact) mass is 251 g/mol. The van der Waals surface area contributed by atoms with E-state index in [-0.39, 0.29) is 12.5 Å². The number of carbonyl (C=O) groups excluding carboxylic acids is 1. The van der Waals surface area contributed by atoms with Gasteiger partial charge in [0.25, 0.3) is 0 Å². The molecule has 1 aliphatic heterocycles. The number of hydrogen-bond donors (Lipinski definition) is 1. The van der Waals surface area contributed by atoms with Crippen LogP contribution in [-0.4, -0.2) is 40.6 Å². The van der Waals surface area contributed by atoms with E-state index in [1.165, 1.54) is 0 Å². The van der Waals surface area contributed by atoms with Gasteiger partial charge in [0.2, 0.25) is 0 Å². The molecule has 1 N–H and O–H groups in total. The number of hydrogen-bond acceptors (Lipinski definition) is 2. The van der Waals surface area contributed by atoms with Crippen LogP contribution < -0.4 is 0 Å². The minimum Gasteiger partial charge on any atom is -0.481 e. The van der Waals surface area contributed by atoms with Crippen LogP contribution in [-0.2, 0) is 9.59 Å². The van der Waals surface area contributed by atoms with Crippen LogP contribution in [0.4, 0.5) is 13.2 Å². The molecule has 0 radical (unpaired) electrons. The van der Waals surface area contributed by atoms with Crippen LogP contribution in [0.5, 0.6) is 0 Å². The summed E-state index contributed by atoms with van der Waals surface area (Å²) in [6, 6.07) is -0.760. The lowest BCUT2D eigenvalue weighted by molar-refractivity contribution is -0.186. The van der Waals surface area contributed by atoms with Gasteiger partial charge in [-0.3, -0.25) is 9.59 Å². The number of carboxylic acid groups (broad SMARTS) is 1. The van der Waals surface area contributed by atoms with Crippen LogP contribution >= 0.6 is 0 Å². The van der Waals surface area contributed by atoms with Crippen LogP contribution in [0.3, 0.4) is 0 Å². The number of rotatable bonds is 1. The Morgan fingerprint density at radius 2 is 1.88 bits per heavy atom. The van der Waals surface area contributed by atoms with Crippen molar-refractivity contribution in [2.75, 3.05) is 6.54 Å². The largest absolute Gasteiger partial charge is 0.481 e. The van der Waals surface area contributed by atoms with Gasteiger partial charge in [-0.2, -0.15) is 13.2 Å². The summed E-state index contributed by atoms with van der Waals surface area (Å²) >= 11 is 0. The van der Waals surface area contributed by atoms with Gasteiger partial charge in [-0.15, -0.1) is 0 Å². The summed E-state index contributed by atoms with van der Waals surface area (Å²) in [4.78, 5) is 22.7. The molecule has 17 heavy (non-hydrogen) atoms. The topological polar surface area (TPSA) is 57.6 Å². The lowest BCUT2D eigenvalue weighted by Crippen LogP contribution is -2.44. The van der Waals surface area contributed by atoms with Crippen molar-refractivity contribution in [3.05, 3.63) is 0 Å². The summed E-state index contributed by atoms with van der Waals surface area (Å²) in [7, 11) is 0. The molecule has 0 bridgehead atoms. The number of likely N-dealkylation sites (tertiary alicyclic amines) is 1. The van der Waals surface area contributed by atoms with Crippen LogP contribution in [0.25, 0.3) is 0 Å². The van der Waals surface area contributed by atoms with Gasteiger partial charge in [0.1, 0.15) is 0 Å². The zero-order chi connectivity index (χ0) is 12.8. The van der Waals surface area contributed by atoms with Crippen molar-refractivity contribution >= 4 is 11.9 Å². The fourth-order valence-electron chi connectivity index (χ4n) is 2.67. The summed E-state index contributed by atoms with van der Waals surface area (Å²) in [5, 5.41) is 8.86. The minimum atomic E-state index is -4.92. The average Bonchev–Trinajstić information content (AvgIpc) is 2.89. The molecule has 0 aromatic carbocycles. The quantitative estimate of drug-likeness (QED) is 0.763. The third kappa shape index (κ3) is 2.10. The van der Waals surface area contributed by atoms with Crippen molar-refractivity contribution < 1.29 is 27.9 Å². The molecule has 0 spiro atoms. The molecule has 2 fully saturated rings. The van der Waals surface area contributed by atoms with Crippen molar-refractivity contribution in [1.29, 1.82) is 0 Å². The van der Waals surface area contributed by atoms with Crippen molar-refractivity contribution in [2.24, 2.45) is 11.8 Å². The predicted octanol–water partition coefficient (Wildman–Crippen LogP) is 1.26. The van der Waals surface area contributed by atoms with Crippen LogP contribution in [0.15, 0.2) is 0 Å². The van der Waals surface area contributed by atoms with E-state index in [1.807, 2.05) is 0 Å². The molecule has 1 amide bonds. The number of carbonyl (C=O) groups is 2. The highest BCUT2D eigenvalue weighted by molar-refractivity contribution is 5.85. The molecule has 0 aromatic rings. The maximum Gasteiger partial charge on any atom is 0.471 e. The van der Waals surface area contributed by atoms with Gasteiger partial charge in [-0.05, 0) is 18.8 Å². The molecular formula is C10H12F3NO3. The van der Waals surface area contributed by atoms with E-state index in [0.29, 0.717) is 24.2 Å². The Balaban J connectivity index is 2.16. The normalized spacial score (nSPS) is 32.6. The highest BCUT2D eigenvalue weighted by Crippen LogP contribution is 2.49. The highest BCUT2D eigenvalue weighted by atomic mass is 19.4. The Morgan fingerprint density at radius 1 is 1.24 bits per heavy atom. The van der Waals surface area contributed by atoms with E-state index in [4.69, 9.17) is 5.11 Å². The number of halogens is 3. The first-order valence-corrected chi connectivity index (χ1v) is 5.44. The molecule has 0 unspecified atom stereocenters. The van der Waals surface area contributed by atoms with Gasteiger partial charge >= 0.3 is 18.1 Å². The molecule has 1 saturated carbocycles. The molecule has 7 heteroatoms. The van der Waals surface area contributed by atoms with Crippen molar-refractivity contribution in [1.82, 2.24) is 4.90 Å². The summed E-state index contributed by atoms with van der Waals surface area (Å²) in [6.45, 7) is 0.00326. The molecule has 1 saturated heterocycles. The first kappa shape index (κ1) is 12.2. The number of fused-ring (bicyclic) bond motifs is 1. The van der Waals surface area contributed by atoms with Crippen LogP contribution in [0.1, 0.15) is 19.3 Å². The smallest absolute Gasteiger partial charge is 0.471 e. The Bertz CT molecular complexity index is 355. The Kier molecular flexibility index (Phi) is 2.79. The van der Waals surface area contributed by atoms with Gasteiger partial charge in [0.05, 0.1) is 5.92 Å². The van der Waals surface area contributed by atoms with Gasteiger partial charge < -0.3 is 10.0 Å². The molecule has 2 aliphatic rings. The lowest BCUT2D eigenvalue weighted by Gasteiger charge is -2.23. The van der Waals surface area contributed by atoms with Gasteiger partial charge in [-0.25, -0.2) is 0 Å². The molecule has 1 heterocycles. The molecule has 2 rings (SSSR count).